The van der Waals surface area contributed by atoms with E-state index in [1.54, 1.807) is 0 Å². The normalized spacial score (nSPS) is 12.6. The quantitative estimate of drug-likeness (QED) is 0.865. The highest BCUT2D eigenvalue weighted by molar-refractivity contribution is 5.91. The number of carbonyl (C=O) groups excluding carboxylic acids is 1. The molecule has 1 heterocycles. The standard InChI is InChI=1S/C17H32N4O/c1-11(2)21-13(4)14(12(3)20-21)18-15(22)19-17(8,9)10-16(5,6)7/h11H,10H2,1-9H3,(H2,18,19,22). The van der Waals surface area contributed by atoms with Gasteiger partial charge in [-0.15, -0.1) is 0 Å². The van der Waals surface area contributed by atoms with Gasteiger partial charge in [0, 0.05) is 11.6 Å². The molecule has 5 nitrogen and oxygen atoms in total. The maximum Gasteiger partial charge on any atom is 0.319 e. The van der Waals surface area contributed by atoms with Gasteiger partial charge >= 0.3 is 6.03 Å². The highest BCUT2D eigenvalue weighted by Gasteiger charge is 2.27. The Morgan fingerprint density at radius 2 is 1.73 bits per heavy atom. The first-order valence-corrected chi connectivity index (χ1v) is 7.97. The molecule has 5 heteroatoms. The van der Waals surface area contributed by atoms with Crippen molar-refractivity contribution in [1.82, 2.24) is 15.1 Å². The Hall–Kier alpha value is -1.52. The first kappa shape index (κ1) is 18.5. The molecule has 126 valence electrons. The maximum atomic E-state index is 12.3. The Balaban J connectivity index is 2.82. The smallest absolute Gasteiger partial charge is 0.319 e. The monoisotopic (exact) mass is 308 g/mol. The molecule has 2 amide bonds. The number of aryl methyl sites for hydroxylation is 1. The van der Waals surface area contributed by atoms with Crippen LogP contribution in [0.1, 0.15) is 72.3 Å². The highest BCUT2D eigenvalue weighted by Crippen LogP contribution is 2.27. The number of hydrogen-bond acceptors (Lipinski definition) is 2. The Bertz CT molecular complexity index is 536. The summed E-state index contributed by atoms with van der Waals surface area (Å²) in [5, 5.41) is 10.5. The van der Waals surface area contributed by atoms with Crippen molar-refractivity contribution < 1.29 is 4.79 Å². The van der Waals surface area contributed by atoms with E-state index in [9.17, 15) is 4.79 Å². The minimum absolute atomic E-state index is 0.158. The second kappa shape index (κ2) is 6.31. The lowest BCUT2D eigenvalue weighted by Gasteiger charge is -2.33. The van der Waals surface area contributed by atoms with Gasteiger partial charge in [0.25, 0.3) is 0 Å². The number of rotatable bonds is 4. The number of urea groups is 1. The van der Waals surface area contributed by atoms with E-state index in [0.717, 1.165) is 23.5 Å². The molecule has 0 bridgehead atoms. The zero-order valence-electron chi connectivity index (χ0n) is 15.6. The number of carbonyl (C=O) groups is 1. The van der Waals surface area contributed by atoms with Crippen LogP contribution in [0.15, 0.2) is 0 Å². The lowest BCUT2D eigenvalue weighted by Crippen LogP contribution is -2.47. The van der Waals surface area contributed by atoms with Crippen LogP contribution in [0.2, 0.25) is 0 Å². The third-order valence-electron chi connectivity index (χ3n) is 3.48. The van der Waals surface area contributed by atoms with Crippen molar-refractivity contribution in [2.45, 2.75) is 80.3 Å². The number of nitrogens with one attached hydrogen (secondary N) is 2. The third-order valence-corrected chi connectivity index (χ3v) is 3.48. The number of nitrogens with zero attached hydrogens (tertiary/aromatic N) is 2. The first-order chi connectivity index (χ1) is 9.82. The molecular formula is C17H32N4O. The summed E-state index contributed by atoms with van der Waals surface area (Å²) < 4.78 is 1.94. The van der Waals surface area contributed by atoms with Gasteiger partial charge in [-0.05, 0) is 53.4 Å². The molecule has 1 rings (SSSR count). The van der Waals surface area contributed by atoms with E-state index >= 15 is 0 Å². The molecule has 0 saturated heterocycles. The molecule has 2 N–H and O–H groups in total. The molecule has 0 aliphatic rings. The Morgan fingerprint density at radius 3 is 2.14 bits per heavy atom. The molecule has 0 spiro atoms. The van der Waals surface area contributed by atoms with Gasteiger partial charge in [-0.1, -0.05) is 20.8 Å². The Kier molecular flexibility index (Phi) is 5.31. The van der Waals surface area contributed by atoms with Crippen molar-refractivity contribution in [2.24, 2.45) is 5.41 Å². The molecule has 0 saturated carbocycles. The van der Waals surface area contributed by atoms with Crippen LogP contribution >= 0.6 is 0 Å². The van der Waals surface area contributed by atoms with E-state index in [0.29, 0.717) is 0 Å². The van der Waals surface area contributed by atoms with Crippen LogP contribution in [0.25, 0.3) is 0 Å². The van der Waals surface area contributed by atoms with Gasteiger partial charge in [-0.25, -0.2) is 4.79 Å². The van der Waals surface area contributed by atoms with Crippen molar-refractivity contribution in [3.8, 4) is 0 Å². The summed E-state index contributed by atoms with van der Waals surface area (Å²) >= 11 is 0. The SMILES string of the molecule is Cc1nn(C(C)C)c(C)c1NC(=O)NC(C)(C)CC(C)(C)C. The van der Waals surface area contributed by atoms with Gasteiger partial charge in [0.1, 0.15) is 0 Å². The largest absolute Gasteiger partial charge is 0.333 e. The van der Waals surface area contributed by atoms with Gasteiger partial charge in [-0.3, -0.25) is 4.68 Å². The minimum Gasteiger partial charge on any atom is -0.333 e. The molecule has 0 aliphatic heterocycles. The second-order valence-electron chi connectivity index (χ2n) is 8.28. The fourth-order valence-corrected chi connectivity index (χ4v) is 3.17. The minimum atomic E-state index is -0.266. The predicted molar refractivity (Wildman–Crippen MR) is 92.4 cm³/mol. The molecular weight excluding hydrogens is 276 g/mol. The van der Waals surface area contributed by atoms with Gasteiger partial charge < -0.3 is 10.6 Å². The van der Waals surface area contributed by atoms with E-state index < -0.39 is 0 Å². The predicted octanol–water partition coefficient (Wildman–Crippen LogP) is 4.42. The maximum absolute atomic E-state index is 12.3. The number of amides is 2. The fourth-order valence-electron chi connectivity index (χ4n) is 3.17. The summed E-state index contributed by atoms with van der Waals surface area (Å²) in [5.41, 5.74) is 2.52. The average Bonchev–Trinajstić information content (AvgIpc) is 2.52. The van der Waals surface area contributed by atoms with Crippen LogP contribution < -0.4 is 10.6 Å². The molecule has 0 aliphatic carbocycles. The molecule has 0 fully saturated rings. The van der Waals surface area contributed by atoms with Crippen LogP contribution in [0, 0.1) is 19.3 Å². The van der Waals surface area contributed by atoms with Gasteiger partial charge in [0.15, 0.2) is 0 Å². The summed E-state index contributed by atoms with van der Waals surface area (Å²) in [4.78, 5) is 12.3. The van der Waals surface area contributed by atoms with Crippen molar-refractivity contribution in [3.63, 3.8) is 0 Å². The topological polar surface area (TPSA) is 59.0 Å². The van der Waals surface area contributed by atoms with Crippen LogP contribution in [0.5, 0.6) is 0 Å². The molecule has 0 atom stereocenters. The Labute approximate surface area is 134 Å². The third kappa shape index (κ3) is 5.04. The second-order valence-corrected chi connectivity index (χ2v) is 8.28. The fraction of sp³-hybridized carbons (Fsp3) is 0.765. The molecule has 0 radical (unpaired) electrons. The van der Waals surface area contributed by atoms with Crippen molar-refractivity contribution in [3.05, 3.63) is 11.4 Å². The van der Waals surface area contributed by atoms with E-state index in [-0.39, 0.29) is 23.0 Å². The van der Waals surface area contributed by atoms with E-state index in [1.807, 2.05) is 18.5 Å². The lowest BCUT2D eigenvalue weighted by molar-refractivity contribution is 0.220. The molecule has 1 aromatic rings. The van der Waals surface area contributed by atoms with Gasteiger partial charge in [-0.2, -0.15) is 5.10 Å². The van der Waals surface area contributed by atoms with Crippen LogP contribution in [0.4, 0.5) is 10.5 Å². The highest BCUT2D eigenvalue weighted by atomic mass is 16.2. The van der Waals surface area contributed by atoms with E-state index in [4.69, 9.17) is 0 Å². The summed E-state index contributed by atoms with van der Waals surface area (Å²) in [6.45, 7) is 18.7. The molecule has 0 unspecified atom stereocenters. The molecule has 22 heavy (non-hydrogen) atoms. The van der Waals surface area contributed by atoms with E-state index in [2.05, 4.69) is 64.2 Å². The number of hydrogen-bond donors (Lipinski definition) is 2. The molecule has 0 aromatic carbocycles. The average molecular weight is 308 g/mol. The summed E-state index contributed by atoms with van der Waals surface area (Å²) in [5.74, 6) is 0. The van der Waals surface area contributed by atoms with Crippen molar-refractivity contribution in [2.75, 3.05) is 5.32 Å². The first-order valence-electron chi connectivity index (χ1n) is 7.97. The Morgan fingerprint density at radius 1 is 1.18 bits per heavy atom. The lowest BCUT2D eigenvalue weighted by atomic mass is 9.82. The van der Waals surface area contributed by atoms with E-state index in [1.165, 1.54) is 0 Å². The van der Waals surface area contributed by atoms with Gasteiger partial charge in [0.2, 0.25) is 0 Å². The zero-order valence-corrected chi connectivity index (χ0v) is 15.6. The van der Waals surface area contributed by atoms with Crippen molar-refractivity contribution >= 4 is 11.7 Å². The molecule has 1 aromatic heterocycles. The number of anilines is 1. The zero-order chi connectivity index (χ0) is 17.3. The summed E-state index contributed by atoms with van der Waals surface area (Å²) in [6, 6.07) is 0.0957. The van der Waals surface area contributed by atoms with Crippen LogP contribution in [0.3, 0.4) is 0 Å². The summed E-state index contributed by atoms with van der Waals surface area (Å²) in [6.07, 6.45) is 0.899. The van der Waals surface area contributed by atoms with Crippen molar-refractivity contribution in [1.29, 1.82) is 0 Å². The number of aromatic nitrogens is 2. The van der Waals surface area contributed by atoms with Crippen LogP contribution in [-0.4, -0.2) is 21.4 Å². The van der Waals surface area contributed by atoms with Crippen LogP contribution in [-0.2, 0) is 0 Å². The summed E-state index contributed by atoms with van der Waals surface area (Å²) in [7, 11) is 0. The van der Waals surface area contributed by atoms with Gasteiger partial charge in [0.05, 0.1) is 17.1 Å².